The number of nitrogens with zero attached hydrogens (tertiary/aromatic N) is 2. The van der Waals surface area contributed by atoms with Crippen molar-refractivity contribution in [1.29, 1.82) is 0 Å². The highest BCUT2D eigenvalue weighted by Crippen LogP contribution is 2.45. The fourth-order valence-corrected chi connectivity index (χ4v) is 9.86. The van der Waals surface area contributed by atoms with E-state index in [-0.39, 0.29) is 0 Å². The molecule has 2 nitrogen and oxygen atoms in total. The van der Waals surface area contributed by atoms with E-state index in [1.807, 2.05) is 18.2 Å². The van der Waals surface area contributed by atoms with Crippen LogP contribution in [-0.4, -0.2) is 10.2 Å². The lowest BCUT2D eigenvalue weighted by atomic mass is 9.86. The first-order valence-electron chi connectivity index (χ1n) is 21.0. The summed E-state index contributed by atoms with van der Waals surface area (Å²) < 4.78 is 0. The Bertz CT molecular complexity index is 3620. The molecule has 12 aromatic rings. The molecule has 0 saturated carbocycles. The molecule has 284 valence electrons. The Morgan fingerprint density at radius 3 is 1.44 bits per heavy atom. The normalized spacial score (nSPS) is 11.7. The Morgan fingerprint density at radius 1 is 0.279 bits per heavy atom. The fourth-order valence-electron chi connectivity index (χ4n) is 9.86. The number of fused-ring (bicyclic) bond motifs is 8. The predicted molar refractivity (Wildman–Crippen MR) is 259 cm³/mol. The van der Waals surface area contributed by atoms with E-state index in [9.17, 15) is 0 Å². The highest BCUT2D eigenvalue weighted by atomic mass is 15.1. The predicted octanol–water partition coefficient (Wildman–Crippen LogP) is 16.0. The van der Waals surface area contributed by atoms with E-state index in [0.29, 0.717) is 0 Å². The molecule has 0 aliphatic rings. The number of hydrogen-bond acceptors (Lipinski definition) is 2. The van der Waals surface area contributed by atoms with Crippen LogP contribution >= 0.6 is 0 Å². The van der Waals surface area contributed by atoms with Crippen molar-refractivity contribution in [3.63, 3.8) is 0 Å². The highest BCUT2D eigenvalue weighted by Gasteiger charge is 2.19. The van der Waals surface area contributed by atoms with Crippen LogP contribution in [0, 0.1) is 6.92 Å². The lowest BCUT2D eigenvalue weighted by Gasteiger charge is -2.17. The standard InChI is InChI=1S/C59H38N2/c1-37-12-9-15-40-28-29-42-17-11-23-50(58(42)55(37)40)49-22-10-16-41-30-31-45-36-44(32-33-46(45)56(41)49)38-24-26-43(27-25-38)57-47-18-5-7-20-51(47)59(52-21-8-6-19-48(52)57)54-35-34-53(60-61-54)39-13-3-2-4-14-39/h2-36H,1H3. The topological polar surface area (TPSA) is 25.8 Å². The molecule has 0 aliphatic heterocycles. The van der Waals surface area contributed by atoms with Gasteiger partial charge in [0.25, 0.3) is 0 Å². The van der Waals surface area contributed by atoms with Crippen LogP contribution in [-0.2, 0) is 0 Å². The quantitative estimate of drug-likeness (QED) is 0.129. The van der Waals surface area contributed by atoms with Gasteiger partial charge >= 0.3 is 0 Å². The zero-order chi connectivity index (χ0) is 40.4. The van der Waals surface area contributed by atoms with Crippen LogP contribution in [0.15, 0.2) is 212 Å². The summed E-state index contributed by atoms with van der Waals surface area (Å²) in [7, 11) is 0. The number of hydrogen-bond donors (Lipinski definition) is 0. The lowest BCUT2D eigenvalue weighted by molar-refractivity contribution is 1.05. The van der Waals surface area contributed by atoms with Gasteiger partial charge in [-0.2, -0.15) is 0 Å². The van der Waals surface area contributed by atoms with E-state index >= 15 is 0 Å². The first-order valence-corrected chi connectivity index (χ1v) is 21.0. The first kappa shape index (κ1) is 35.0. The van der Waals surface area contributed by atoms with E-state index in [2.05, 4.69) is 206 Å². The van der Waals surface area contributed by atoms with Crippen molar-refractivity contribution in [1.82, 2.24) is 10.2 Å². The van der Waals surface area contributed by atoms with Gasteiger partial charge in [0.15, 0.2) is 0 Å². The summed E-state index contributed by atoms with van der Waals surface area (Å²) in [5, 5.41) is 24.4. The van der Waals surface area contributed by atoms with E-state index in [1.54, 1.807) is 0 Å². The molecule has 0 unspecified atom stereocenters. The minimum atomic E-state index is 0.865. The Morgan fingerprint density at radius 2 is 0.787 bits per heavy atom. The highest BCUT2D eigenvalue weighted by molar-refractivity contribution is 6.23. The van der Waals surface area contributed by atoms with Gasteiger partial charge in [-0.1, -0.05) is 194 Å². The monoisotopic (exact) mass is 774 g/mol. The Kier molecular flexibility index (Phi) is 8.11. The molecule has 1 heterocycles. The number of aromatic nitrogens is 2. The largest absolute Gasteiger partial charge is 0.150 e. The van der Waals surface area contributed by atoms with E-state index < -0.39 is 0 Å². The SMILES string of the molecule is Cc1cccc2ccc3cccc(-c4cccc5ccc6cc(-c7ccc(-c8c9ccccc9c(-c9ccc(-c%10ccccc%10)nn9)c9ccccc89)cc7)ccc6c45)c3c12. The second kappa shape index (κ2) is 14.1. The van der Waals surface area contributed by atoms with Gasteiger partial charge < -0.3 is 0 Å². The van der Waals surface area contributed by atoms with Crippen LogP contribution < -0.4 is 0 Å². The van der Waals surface area contributed by atoms with E-state index in [1.165, 1.54) is 92.8 Å². The molecule has 0 amide bonds. The fraction of sp³-hybridized carbons (Fsp3) is 0.0169. The summed E-state index contributed by atoms with van der Waals surface area (Å²) in [6.07, 6.45) is 0. The summed E-state index contributed by atoms with van der Waals surface area (Å²) >= 11 is 0. The third kappa shape index (κ3) is 5.72. The van der Waals surface area contributed by atoms with Gasteiger partial charge in [0.1, 0.15) is 0 Å². The lowest BCUT2D eigenvalue weighted by Crippen LogP contribution is -1.95. The smallest absolute Gasteiger partial charge is 0.0942 e. The third-order valence-electron chi connectivity index (χ3n) is 12.7. The van der Waals surface area contributed by atoms with Crippen LogP contribution in [0.2, 0.25) is 0 Å². The Labute approximate surface area is 354 Å². The maximum Gasteiger partial charge on any atom is 0.0942 e. The van der Waals surface area contributed by atoms with Gasteiger partial charge in [0.2, 0.25) is 0 Å². The van der Waals surface area contributed by atoms with Crippen LogP contribution in [0.4, 0.5) is 0 Å². The maximum absolute atomic E-state index is 4.81. The van der Waals surface area contributed by atoms with Gasteiger partial charge in [-0.15, -0.1) is 10.2 Å². The molecule has 0 saturated heterocycles. The van der Waals surface area contributed by atoms with Gasteiger partial charge in [-0.05, 0) is 129 Å². The number of aryl methyl sites for hydroxylation is 1. The summed E-state index contributed by atoms with van der Waals surface area (Å²) in [6.45, 7) is 2.23. The second-order valence-corrected chi connectivity index (χ2v) is 16.1. The van der Waals surface area contributed by atoms with Crippen molar-refractivity contribution in [2.75, 3.05) is 0 Å². The molecule has 61 heavy (non-hydrogen) atoms. The van der Waals surface area contributed by atoms with Gasteiger partial charge in [-0.3, -0.25) is 0 Å². The summed E-state index contributed by atoms with van der Waals surface area (Å²) in [5.41, 5.74) is 12.5. The molecular formula is C59H38N2. The second-order valence-electron chi connectivity index (χ2n) is 16.1. The van der Waals surface area contributed by atoms with Crippen LogP contribution in [0.5, 0.6) is 0 Å². The molecule has 0 radical (unpaired) electrons. The van der Waals surface area contributed by atoms with Crippen molar-refractivity contribution >= 4 is 64.6 Å². The van der Waals surface area contributed by atoms with Crippen LogP contribution in [0.25, 0.3) is 121 Å². The molecule has 2 heteroatoms. The zero-order valence-electron chi connectivity index (χ0n) is 33.6. The van der Waals surface area contributed by atoms with Crippen LogP contribution in [0.1, 0.15) is 5.56 Å². The third-order valence-corrected chi connectivity index (χ3v) is 12.7. The molecule has 11 aromatic carbocycles. The Balaban J connectivity index is 0.959. The van der Waals surface area contributed by atoms with Crippen molar-refractivity contribution in [3.8, 4) is 55.9 Å². The minimum absolute atomic E-state index is 0.865. The van der Waals surface area contributed by atoms with Crippen molar-refractivity contribution in [3.05, 3.63) is 218 Å². The molecule has 0 fully saturated rings. The van der Waals surface area contributed by atoms with Gasteiger partial charge in [0.05, 0.1) is 11.4 Å². The molecule has 0 aliphatic carbocycles. The van der Waals surface area contributed by atoms with Gasteiger partial charge in [-0.25, -0.2) is 0 Å². The summed E-state index contributed by atoms with van der Waals surface area (Å²) in [4.78, 5) is 0. The molecule has 0 N–H and O–H groups in total. The van der Waals surface area contributed by atoms with Gasteiger partial charge in [0, 0.05) is 11.1 Å². The van der Waals surface area contributed by atoms with Crippen molar-refractivity contribution in [2.24, 2.45) is 0 Å². The Hall–Kier alpha value is -7.94. The maximum atomic E-state index is 4.81. The molecule has 12 rings (SSSR count). The first-order chi connectivity index (χ1) is 30.2. The van der Waals surface area contributed by atoms with Crippen molar-refractivity contribution < 1.29 is 0 Å². The molecule has 0 spiro atoms. The molecule has 0 atom stereocenters. The zero-order valence-corrected chi connectivity index (χ0v) is 33.6. The van der Waals surface area contributed by atoms with E-state index in [0.717, 1.165) is 33.3 Å². The molecule has 1 aromatic heterocycles. The summed E-state index contributed by atoms with van der Waals surface area (Å²) in [5.74, 6) is 0. The van der Waals surface area contributed by atoms with Crippen molar-refractivity contribution in [2.45, 2.75) is 6.92 Å². The van der Waals surface area contributed by atoms with E-state index in [4.69, 9.17) is 5.10 Å². The number of rotatable bonds is 5. The average molecular weight is 775 g/mol. The minimum Gasteiger partial charge on any atom is -0.150 e. The number of benzene rings is 11. The molecule has 0 bridgehead atoms. The average Bonchev–Trinajstić information content (AvgIpc) is 3.33. The molecular weight excluding hydrogens is 737 g/mol. The van der Waals surface area contributed by atoms with Crippen LogP contribution in [0.3, 0.4) is 0 Å². The summed E-state index contributed by atoms with van der Waals surface area (Å²) in [6, 6.07) is 77.1.